The maximum Gasteiger partial charge on any atom is 0.183 e. The lowest BCUT2D eigenvalue weighted by molar-refractivity contribution is 0.540. The largest absolute Gasteiger partial charge is 0.350 e. The quantitative estimate of drug-likeness (QED) is 0.849. The van der Waals surface area contributed by atoms with Crippen molar-refractivity contribution in [2.75, 3.05) is 29.4 Å². The fraction of sp³-hybridized carbons (Fsp3) is 0.500. The molecule has 0 spiro atoms. The van der Waals surface area contributed by atoms with Gasteiger partial charge in [0.05, 0.1) is 0 Å². The van der Waals surface area contributed by atoms with E-state index in [1.165, 1.54) is 12.8 Å². The Kier molecular flexibility index (Phi) is 3.96. The van der Waals surface area contributed by atoms with E-state index >= 15 is 0 Å². The number of hydrogen-bond acceptors (Lipinski definition) is 7. The molecule has 2 aromatic heterocycles. The summed E-state index contributed by atoms with van der Waals surface area (Å²) in [5.41, 5.74) is 1.42. The molecule has 7 nitrogen and oxygen atoms in total. The predicted molar refractivity (Wildman–Crippen MR) is 94.5 cm³/mol. The summed E-state index contributed by atoms with van der Waals surface area (Å²) in [6.45, 7) is 6.64. The number of rotatable bonds is 3. The Bertz CT molecular complexity index is 824. The van der Waals surface area contributed by atoms with Crippen LogP contribution in [0.1, 0.15) is 42.9 Å². The van der Waals surface area contributed by atoms with Crippen molar-refractivity contribution in [1.29, 1.82) is 5.26 Å². The van der Waals surface area contributed by atoms with Crippen LogP contribution in [0.15, 0.2) is 18.5 Å². The molecule has 1 aliphatic heterocycles. The van der Waals surface area contributed by atoms with Gasteiger partial charge in [-0.3, -0.25) is 0 Å². The number of hydrogen-bond donors (Lipinski definition) is 0. The van der Waals surface area contributed by atoms with Gasteiger partial charge in [0.15, 0.2) is 11.5 Å². The molecule has 0 amide bonds. The van der Waals surface area contributed by atoms with Crippen LogP contribution in [0.5, 0.6) is 0 Å². The van der Waals surface area contributed by atoms with Crippen molar-refractivity contribution in [2.45, 2.75) is 38.6 Å². The van der Waals surface area contributed by atoms with Gasteiger partial charge in [0.2, 0.25) is 0 Å². The second-order valence-electron chi connectivity index (χ2n) is 6.83. The van der Waals surface area contributed by atoms with E-state index in [-0.39, 0.29) is 6.04 Å². The molecule has 2 aliphatic rings. The summed E-state index contributed by atoms with van der Waals surface area (Å²) in [6, 6.07) is 4.47. The first kappa shape index (κ1) is 15.8. The van der Waals surface area contributed by atoms with Crippen LogP contribution in [-0.4, -0.2) is 45.6 Å². The van der Waals surface area contributed by atoms with Gasteiger partial charge in [-0.25, -0.2) is 19.9 Å². The summed E-state index contributed by atoms with van der Waals surface area (Å²) < 4.78 is 0. The Morgan fingerprint density at radius 1 is 1.16 bits per heavy atom. The van der Waals surface area contributed by atoms with Crippen LogP contribution in [0.25, 0.3) is 0 Å². The molecule has 3 heterocycles. The Balaban J connectivity index is 1.55. The molecule has 1 saturated heterocycles. The minimum Gasteiger partial charge on any atom is -0.350 e. The molecule has 0 N–H and O–H groups in total. The van der Waals surface area contributed by atoms with Gasteiger partial charge in [0, 0.05) is 55.7 Å². The lowest BCUT2D eigenvalue weighted by atomic mass is 10.1. The summed E-state index contributed by atoms with van der Waals surface area (Å²) in [5.74, 6) is 3.23. The molecule has 25 heavy (non-hydrogen) atoms. The first-order valence-corrected chi connectivity index (χ1v) is 8.74. The monoisotopic (exact) mass is 335 g/mol. The topological polar surface area (TPSA) is 81.8 Å². The lowest BCUT2D eigenvalue weighted by Crippen LogP contribution is -2.53. The zero-order valence-electron chi connectivity index (χ0n) is 14.6. The molecular formula is C18H21N7. The molecule has 1 saturated carbocycles. The Hall–Kier alpha value is -2.75. The summed E-state index contributed by atoms with van der Waals surface area (Å²) in [6.07, 6.45) is 5.61. The number of aryl methyl sites for hydroxylation is 1. The smallest absolute Gasteiger partial charge is 0.183 e. The van der Waals surface area contributed by atoms with Crippen LogP contribution in [-0.2, 0) is 0 Å². The van der Waals surface area contributed by atoms with E-state index in [4.69, 9.17) is 4.98 Å². The van der Waals surface area contributed by atoms with Crippen LogP contribution in [0.2, 0.25) is 0 Å². The van der Waals surface area contributed by atoms with E-state index in [1.807, 2.05) is 6.92 Å². The number of anilines is 2. The average Bonchev–Trinajstić information content (AvgIpc) is 3.46. The van der Waals surface area contributed by atoms with E-state index < -0.39 is 0 Å². The first-order valence-electron chi connectivity index (χ1n) is 8.74. The lowest BCUT2D eigenvalue weighted by Gasteiger charge is -2.41. The van der Waals surface area contributed by atoms with Crippen molar-refractivity contribution < 1.29 is 0 Å². The van der Waals surface area contributed by atoms with Crippen LogP contribution in [0, 0.1) is 18.3 Å². The standard InChI is InChI=1S/C18H21N7/c1-12-9-16(23-17(22-12)14-3-4-14)25-8-7-24(11-13(25)2)18-15(10-19)20-5-6-21-18/h5-6,9,13-14H,3-4,7-8,11H2,1-2H3. The van der Waals surface area contributed by atoms with E-state index in [2.05, 4.69) is 43.8 Å². The van der Waals surface area contributed by atoms with Gasteiger partial charge in [0.25, 0.3) is 0 Å². The third-order valence-electron chi connectivity index (χ3n) is 4.81. The minimum absolute atomic E-state index is 0.267. The summed E-state index contributed by atoms with van der Waals surface area (Å²) >= 11 is 0. The van der Waals surface area contributed by atoms with E-state index in [0.29, 0.717) is 17.4 Å². The summed E-state index contributed by atoms with van der Waals surface area (Å²) in [4.78, 5) is 22.4. The Morgan fingerprint density at radius 2 is 1.96 bits per heavy atom. The molecule has 2 fully saturated rings. The number of nitrogens with zero attached hydrogens (tertiary/aromatic N) is 7. The van der Waals surface area contributed by atoms with Crippen molar-refractivity contribution in [1.82, 2.24) is 19.9 Å². The molecule has 7 heteroatoms. The highest BCUT2D eigenvalue weighted by molar-refractivity contribution is 5.52. The molecular weight excluding hydrogens is 314 g/mol. The zero-order chi connectivity index (χ0) is 17.4. The molecule has 4 rings (SSSR count). The van der Waals surface area contributed by atoms with Crippen molar-refractivity contribution in [3.05, 3.63) is 35.7 Å². The van der Waals surface area contributed by atoms with E-state index in [0.717, 1.165) is 37.0 Å². The third kappa shape index (κ3) is 3.12. The second kappa shape index (κ2) is 6.28. The van der Waals surface area contributed by atoms with Crippen LogP contribution < -0.4 is 9.80 Å². The minimum atomic E-state index is 0.267. The van der Waals surface area contributed by atoms with Crippen molar-refractivity contribution in [3.8, 4) is 6.07 Å². The van der Waals surface area contributed by atoms with Crippen LogP contribution in [0.4, 0.5) is 11.6 Å². The van der Waals surface area contributed by atoms with E-state index in [9.17, 15) is 5.26 Å². The SMILES string of the molecule is Cc1cc(N2CCN(c3nccnc3C#N)CC2C)nc(C2CC2)n1. The predicted octanol–water partition coefficient (Wildman–Crippen LogP) is 2.04. The fourth-order valence-corrected chi connectivity index (χ4v) is 3.38. The Morgan fingerprint density at radius 3 is 2.68 bits per heavy atom. The average molecular weight is 335 g/mol. The highest BCUT2D eigenvalue weighted by atomic mass is 15.3. The molecule has 0 aromatic carbocycles. The highest BCUT2D eigenvalue weighted by Crippen LogP contribution is 2.38. The van der Waals surface area contributed by atoms with Crippen LogP contribution in [0.3, 0.4) is 0 Å². The molecule has 128 valence electrons. The summed E-state index contributed by atoms with van der Waals surface area (Å²) in [7, 11) is 0. The summed E-state index contributed by atoms with van der Waals surface area (Å²) in [5, 5.41) is 9.26. The number of aromatic nitrogens is 4. The molecule has 2 aromatic rings. The maximum atomic E-state index is 9.26. The molecule has 0 bridgehead atoms. The molecule has 1 aliphatic carbocycles. The first-order chi connectivity index (χ1) is 12.2. The Labute approximate surface area is 147 Å². The van der Waals surface area contributed by atoms with Gasteiger partial charge in [0.1, 0.15) is 17.7 Å². The molecule has 0 radical (unpaired) electrons. The third-order valence-corrected chi connectivity index (χ3v) is 4.81. The van der Waals surface area contributed by atoms with Gasteiger partial charge in [-0.05, 0) is 26.7 Å². The van der Waals surface area contributed by atoms with Gasteiger partial charge < -0.3 is 9.80 Å². The van der Waals surface area contributed by atoms with Crippen molar-refractivity contribution in [2.24, 2.45) is 0 Å². The van der Waals surface area contributed by atoms with Gasteiger partial charge in [-0.1, -0.05) is 0 Å². The maximum absolute atomic E-state index is 9.26. The fourth-order valence-electron chi connectivity index (χ4n) is 3.38. The zero-order valence-corrected chi connectivity index (χ0v) is 14.6. The van der Waals surface area contributed by atoms with E-state index in [1.54, 1.807) is 12.4 Å². The normalized spacial score (nSPS) is 20.4. The van der Waals surface area contributed by atoms with Gasteiger partial charge in [-0.15, -0.1) is 0 Å². The number of piperazine rings is 1. The second-order valence-corrected chi connectivity index (χ2v) is 6.83. The van der Waals surface area contributed by atoms with Crippen molar-refractivity contribution in [3.63, 3.8) is 0 Å². The highest BCUT2D eigenvalue weighted by Gasteiger charge is 2.30. The van der Waals surface area contributed by atoms with Crippen molar-refractivity contribution >= 4 is 11.6 Å². The van der Waals surface area contributed by atoms with Crippen LogP contribution >= 0.6 is 0 Å². The van der Waals surface area contributed by atoms with Gasteiger partial charge >= 0.3 is 0 Å². The number of nitriles is 1. The van der Waals surface area contributed by atoms with Gasteiger partial charge in [-0.2, -0.15) is 5.26 Å². The molecule has 1 atom stereocenters. The molecule has 1 unspecified atom stereocenters.